The Bertz CT molecular complexity index is 484. The molecule has 0 fully saturated rings. The Morgan fingerprint density at radius 2 is 2.47 bits per heavy atom. The lowest BCUT2D eigenvalue weighted by atomic mass is 10.3. The van der Waals surface area contributed by atoms with Crippen LogP contribution in [0.2, 0.25) is 0 Å². The summed E-state index contributed by atoms with van der Waals surface area (Å²) in [6.07, 6.45) is 4.35. The number of aromatic amines is 1. The van der Waals surface area contributed by atoms with E-state index in [0.717, 1.165) is 17.8 Å². The third kappa shape index (κ3) is 2.34. The van der Waals surface area contributed by atoms with Crippen LogP contribution in [0.15, 0.2) is 22.7 Å². The monoisotopic (exact) mass is 224 g/mol. The van der Waals surface area contributed by atoms with E-state index in [2.05, 4.69) is 9.97 Å². The highest BCUT2D eigenvalue weighted by Gasteiger charge is 2.03. The van der Waals surface area contributed by atoms with Crippen molar-refractivity contribution < 1.29 is 0 Å². The molecule has 0 aliphatic heterocycles. The molecule has 2 rings (SSSR count). The molecule has 2 aromatic rings. The summed E-state index contributed by atoms with van der Waals surface area (Å²) in [6.45, 7) is 1.25. The first-order chi connectivity index (χ1) is 7.29. The maximum Gasteiger partial charge on any atom is 0.304 e. The lowest BCUT2D eigenvalue weighted by molar-refractivity contribution is 0.720. The first-order valence-corrected chi connectivity index (χ1v) is 5.53. The van der Waals surface area contributed by atoms with Gasteiger partial charge in [-0.2, -0.15) is 0 Å². The highest BCUT2D eigenvalue weighted by Crippen LogP contribution is 2.04. The molecule has 3 N–H and O–H groups in total. The molecule has 80 valence electrons. The van der Waals surface area contributed by atoms with E-state index in [1.165, 1.54) is 11.3 Å². The molecule has 15 heavy (non-hydrogen) atoms. The Morgan fingerprint density at radius 3 is 3.13 bits per heavy atom. The van der Waals surface area contributed by atoms with Crippen molar-refractivity contribution in [2.24, 2.45) is 5.73 Å². The summed E-state index contributed by atoms with van der Waals surface area (Å²) < 4.78 is 1.99. The molecule has 0 aromatic carbocycles. The molecule has 0 radical (unpaired) electrons. The third-order valence-corrected chi connectivity index (χ3v) is 2.83. The summed E-state index contributed by atoms with van der Waals surface area (Å²) in [5, 5.41) is 1.83. The molecule has 0 amide bonds. The zero-order chi connectivity index (χ0) is 10.7. The molecule has 6 heteroatoms. The Balaban J connectivity index is 2.16. The summed E-state index contributed by atoms with van der Waals surface area (Å²) >= 11 is 1.18. The molecule has 2 aromatic heterocycles. The minimum atomic E-state index is -0.0227. The molecule has 0 spiro atoms. The van der Waals surface area contributed by atoms with E-state index in [0.29, 0.717) is 13.1 Å². The van der Waals surface area contributed by atoms with Crippen LogP contribution in [0.3, 0.4) is 0 Å². The number of aromatic nitrogens is 3. The van der Waals surface area contributed by atoms with Crippen molar-refractivity contribution in [2.75, 3.05) is 6.54 Å². The molecule has 5 nitrogen and oxygen atoms in total. The van der Waals surface area contributed by atoms with Gasteiger partial charge in [0.05, 0.1) is 12.9 Å². The largest absolute Gasteiger partial charge is 0.330 e. The van der Waals surface area contributed by atoms with Crippen LogP contribution in [-0.4, -0.2) is 21.1 Å². The van der Waals surface area contributed by atoms with E-state index in [1.807, 2.05) is 9.95 Å². The summed E-state index contributed by atoms with van der Waals surface area (Å²) in [5.41, 5.74) is 7.48. The molecular weight excluding hydrogens is 212 g/mol. The van der Waals surface area contributed by atoms with Gasteiger partial charge in [-0.1, -0.05) is 11.3 Å². The lowest BCUT2D eigenvalue weighted by Crippen LogP contribution is -2.10. The number of rotatable bonds is 4. The average molecular weight is 224 g/mol. The molecule has 0 saturated carbocycles. The highest BCUT2D eigenvalue weighted by molar-refractivity contribution is 7.07. The maximum absolute atomic E-state index is 10.9. The van der Waals surface area contributed by atoms with Gasteiger partial charge in [-0.25, -0.2) is 4.98 Å². The van der Waals surface area contributed by atoms with E-state index in [4.69, 9.17) is 5.73 Å². The van der Waals surface area contributed by atoms with Crippen LogP contribution in [0.25, 0.3) is 0 Å². The standard InChI is InChI=1S/C9H12N4OS/c10-2-1-8-3-11-6-13(8)4-7-5-15-9(14)12-7/h3,5-6H,1-2,4,10H2,(H,12,14). The Morgan fingerprint density at radius 1 is 1.60 bits per heavy atom. The second-order valence-corrected chi connectivity index (χ2v) is 4.07. The van der Waals surface area contributed by atoms with Crippen molar-refractivity contribution in [3.63, 3.8) is 0 Å². The smallest absolute Gasteiger partial charge is 0.304 e. The van der Waals surface area contributed by atoms with Crippen molar-refractivity contribution in [3.05, 3.63) is 39.0 Å². The van der Waals surface area contributed by atoms with Gasteiger partial charge in [0, 0.05) is 29.4 Å². The third-order valence-electron chi connectivity index (χ3n) is 2.11. The summed E-state index contributed by atoms with van der Waals surface area (Å²) in [5.74, 6) is 0. The summed E-state index contributed by atoms with van der Waals surface area (Å²) in [7, 11) is 0. The maximum atomic E-state index is 10.9. The van der Waals surface area contributed by atoms with Crippen LogP contribution in [-0.2, 0) is 13.0 Å². The molecule has 0 saturated heterocycles. The molecule has 0 aliphatic rings. The normalized spacial score (nSPS) is 10.7. The average Bonchev–Trinajstić information content (AvgIpc) is 2.78. The minimum absolute atomic E-state index is 0.0227. The summed E-state index contributed by atoms with van der Waals surface area (Å²) in [4.78, 5) is 17.8. The van der Waals surface area contributed by atoms with Crippen LogP contribution < -0.4 is 10.6 Å². The van der Waals surface area contributed by atoms with E-state index < -0.39 is 0 Å². The Hall–Kier alpha value is -1.40. The van der Waals surface area contributed by atoms with Gasteiger partial charge in [0.2, 0.25) is 0 Å². The molecule has 0 atom stereocenters. The molecular formula is C9H12N4OS. The topological polar surface area (TPSA) is 76.7 Å². The summed E-state index contributed by atoms with van der Waals surface area (Å²) in [6, 6.07) is 0. The number of nitrogens with two attached hydrogens (primary N) is 1. The second kappa shape index (κ2) is 4.41. The molecule has 0 aliphatic carbocycles. The van der Waals surface area contributed by atoms with Crippen molar-refractivity contribution in [1.29, 1.82) is 0 Å². The molecule has 0 unspecified atom stereocenters. The fourth-order valence-corrected chi connectivity index (χ4v) is 1.99. The van der Waals surface area contributed by atoms with Crippen LogP contribution >= 0.6 is 11.3 Å². The van der Waals surface area contributed by atoms with Crippen molar-refractivity contribution in [2.45, 2.75) is 13.0 Å². The predicted octanol–water partition coefficient (Wildman–Crippen LogP) is 0.182. The number of thiazole rings is 1. The zero-order valence-corrected chi connectivity index (χ0v) is 8.96. The number of nitrogens with one attached hydrogen (secondary N) is 1. The second-order valence-electron chi connectivity index (χ2n) is 3.22. The fourth-order valence-electron chi connectivity index (χ4n) is 1.42. The lowest BCUT2D eigenvalue weighted by Gasteiger charge is -2.04. The Labute approximate surface area is 90.6 Å². The van der Waals surface area contributed by atoms with Crippen molar-refractivity contribution in [3.8, 4) is 0 Å². The van der Waals surface area contributed by atoms with Crippen LogP contribution in [0, 0.1) is 0 Å². The van der Waals surface area contributed by atoms with Gasteiger partial charge in [-0.3, -0.25) is 4.79 Å². The van der Waals surface area contributed by atoms with Crippen LogP contribution in [0.1, 0.15) is 11.4 Å². The zero-order valence-electron chi connectivity index (χ0n) is 8.14. The van der Waals surface area contributed by atoms with Gasteiger partial charge >= 0.3 is 4.87 Å². The van der Waals surface area contributed by atoms with Gasteiger partial charge in [0.25, 0.3) is 0 Å². The van der Waals surface area contributed by atoms with Gasteiger partial charge in [0.1, 0.15) is 0 Å². The number of hydrogen-bond donors (Lipinski definition) is 2. The molecule has 0 bridgehead atoms. The van der Waals surface area contributed by atoms with Gasteiger partial charge in [0.15, 0.2) is 0 Å². The number of hydrogen-bond acceptors (Lipinski definition) is 4. The number of imidazole rings is 1. The highest BCUT2D eigenvalue weighted by atomic mass is 32.1. The van der Waals surface area contributed by atoms with Crippen LogP contribution in [0.4, 0.5) is 0 Å². The Kier molecular flexibility index (Phi) is 2.98. The van der Waals surface area contributed by atoms with Gasteiger partial charge in [-0.05, 0) is 6.54 Å². The quantitative estimate of drug-likeness (QED) is 0.778. The van der Waals surface area contributed by atoms with E-state index >= 15 is 0 Å². The molecule has 2 heterocycles. The predicted molar refractivity (Wildman–Crippen MR) is 59.0 cm³/mol. The number of H-pyrrole nitrogens is 1. The van der Waals surface area contributed by atoms with E-state index in [9.17, 15) is 4.79 Å². The van der Waals surface area contributed by atoms with E-state index in [1.54, 1.807) is 12.5 Å². The first kappa shape index (κ1) is 10.1. The van der Waals surface area contributed by atoms with Crippen molar-refractivity contribution in [1.82, 2.24) is 14.5 Å². The van der Waals surface area contributed by atoms with Crippen molar-refractivity contribution >= 4 is 11.3 Å². The fraction of sp³-hybridized carbons (Fsp3) is 0.333. The SMILES string of the molecule is NCCc1cncn1Cc1csc(=O)[nH]1. The van der Waals surface area contributed by atoms with Crippen LogP contribution in [0.5, 0.6) is 0 Å². The number of nitrogens with zero attached hydrogens (tertiary/aromatic N) is 2. The minimum Gasteiger partial charge on any atom is -0.330 e. The first-order valence-electron chi connectivity index (χ1n) is 4.65. The van der Waals surface area contributed by atoms with Gasteiger partial charge < -0.3 is 15.3 Å². The van der Waals surface area contributed by atoms with E-state index in [-0.39, 0.29) is 4.87 Å². The van der Waals surface area contributed by atoms with Gasteiger partial charge in [-0.15, -0.1) is 0 Å².